The molecule has 1 aliphatic rings. The topological polar surface area (TPSA) is 92.3 Å². The number of thioether (sulfide) groups is 1. The second-order valence-corrected chi connectivity index (χ2v) is 8.50. The predicted octanol–water partition coefficient (Wildman–Crippen LogP) is 2.91. The van der Waals surface area contributed by atoms with Crippen molar-refractivity contribution in [2.24, 2.45) is 5.92 Å². The number of nitrogens with one attached hydrogen (secondary N) is 1. The van der Waals surface area contributed by atoms with Crippen LogP contribution in [0.3, 0.4) is 0 Å². The summed E-state index contributed by atoms with van der Waals surface area (Å²) in [6, 6.07) is 5.68. The van der Waals surface area contributed by atoms with Crippen LogP contribution in [0, 0.1) is 5.92 Å². The highest BCUT2D eigenvalue weighted by molar-refractivity contribution is 8.01. The molecule has 1 aliphatic heterocycles. The molecule has 9 heteroatoms. The van der Waals surface area contributed by atoms with E-state index in [1.807, 2.05) is 6.92 Å². The Labute approximate surface area is 159 Å². The lowest BCUT2D eigenvalue weighted by molar-refractivity contribution is -0.121. The molecule has 1 aromatic heterocycles. The Hall–Kier alpha value is -2.26. The summed E-state index contributed by atoms with van der Waals surface area (Å²) < 4.78 is 0.754. The Morgan fingerprint density at radius 3 is 2.35 bits per heavy atom. The molecule has 1 unspecified atom stereocenters. The summed E-state index contributed by atoms with van der Waals surface area (Å²) in [5.74, 6) is -0.738. The monoisotopic (exact) mass is 390 g/mol. The van der Waals surface area contributed by atoms with Gasteiger partial charge in [-0.15, -0.1) is 10.2 Å². The van der Waals surface area contributed by atoms with Gasteiger partial charge in [0.15, 0.2) is 4.34 Å². The van der Waals surface area contributed by atoms with Gasteiger partial charge in [-0.25, -0.2) is 0 Å². The van der Waals surface area contributed by atoms with Crippen LogP contribution in [0.1, 0.15) is 41.5 Å². The van der Waals surface area contributed by atoms with Crippen LogP contribution in [-0.4, -0.2) is 44.6 Å². The third-order valence-electron chi connectivity index (χ3n) is 3.91. The summed E-state index contributed by atoms with van der Waals surface area (Å²) in [6.07, 6.45) is 0. The number of carbonyl (C=O) groups is 3. The quantitative estimate of drug-likeness (QED) is 0.463. The summed E-state index contributed by atoms with van der Waals surface area (Å²) in [5.41, 5.74) is 0.655. The highest BCUT2D eigenvalue weighted by Gasteiger charge is 2.44. The van der Waals surface area contributed by atoms with Gasteiger partial charge in [-0.05, 0) is 23.8 Å². The van der Waals surface area contributed by atoms with Gasteiger partial charge < -0.3 is 0 Å². The van der Waals surface area contributed by atoms with Crippen LogP contribution in [-0.2, 0) is 4.79 Å². The molecule has 2 heterocycles. The molecule has 26 heavy (non-hydrogen) atoms. The minimum Gasteiger partial charge on any atom is -0.299 e. The van der Waals surface area contributed by atoms with Crippen molar-refractivity contribution < 1.29 is 14.4 Å². The van der Waals surface area contributed by atoms with Crippen LogP contribution in [0.5, 0.6) is 0 Å². The van der Waals surface area contributed by atoms with Crippen molar-refractivity contribution in [1.29, 1.82) is 0 Å². The Balaban J connectivity index is 1.84. The summed E-state index contributed by atoms with van der Waals surface area (Å²) in [4.78, 5) is 39.3. The Bertz CT molecular complexity index is 830. The van der Waals surface area contributed by atoms with Crippen molar-refractivity contribution >= 4 is 46.0 Å². The van der Waals surface area contributed by atoms with Gasteiger partial charge in [0.1, 0.15) is 6.04 Å². The van der Waals surface area contributed by atoms with Crippen LogP contribution in [0.25, 0.3) is 0 Å². The molecule has 3 amide bonds. The smallest absolute Gasteiger partial charge is 0.262 e. The average molecular weight is 390 g/mol. The highest BCUT2D eigenvalue weighted by Crippen LogP contribution is 2.29. The first-order chi connectivity index (χ1) is 12.4. The summed E-state index contributed by atoms with van der Waals surface area (Å²) in [7, 11) is 0. The van der Waals surface area contributed by atoms with E-state index < -0.39 is 23.8 Å². The number of aromatic nitrogens is 2. The number of hydrogen-bond acceptors (Lipinski definition) is 7. The standard InChI is InChI=1S/C17H18N4O3S2/c1-4-25-17-20-19-16(26-17)18-13(22)12(9(2)3)21-14(23)10-7-5-6-8-11(10)15(21)24/h5-9,12H,4H2,1-3H3,(H,18,19,22). The first kappa shape index (κ1) is 18.5. The summed E-state index contributed by atoms with van der Waals surface area (Å²) in [6.45, 7) is 5.60. The highest BCUT2D eigenvalue weighted by atomic mass is 32.2. The molecule has 0 aliphatic carbocycles. The van der Waals surface area contributed by atoms with Crippen LogP contribution in [0.15, 0.2) is 28.6 Å². The Morgan fingerprint density at radius 1 is 1.19 bits per heavy atom. The number of hydrogen-bond donors (Lipinski definition) is 1. The fraction of sp³-hybridized carbons (Fsp3) is 0.353. The Morgan fingerprint density at radius 2 is 1.81 bits per heavy atom. The number of amides is 3. The van der Waals surface area contributed by atoms with Gasteiger partial charge in [-0.3, -0.25) is 24.6 Å². The molecule has 0 bridgehead atoms. The lowest BCUT2D eigenvalue weighted by Gasteiger charge is -2.27. The average Bonchev–Trinajstić information content (AvgIpc) is 3.14. The van der Waals surface area contributed by atoms with Crippen molar-refractivity contribution in [3.05, 3.63) is 35.4 Å². The molecular weight excluding hydrogens is 372 g/mol. The van der Waals surface area contributed by atoms with E-state index in [-0.39, 0.29) is 5.92 Å². The van der Waals surface area contributed by atoms with Gasteiger partial charge in [0.2, 0.25) is 11.0 Å². The van der Waals surface area contributed by atoms with Gasteiger partial charge in [-0.1, -0.05) is 56.0 Å². The van der Waals surface area contributed by atoms with E-state index in [0.29, 0.717) is 16.3 Å². The van der Waals surface area contributed by atoms with Crippen LogP contribution in [0.4, 0.5) is 5.13 Å². The normalized spacial score (nSPS) is 14.7. The van der Waals surface area contributed by atoms with Crippen molar-refractivity contribution in [2.75, 3.05) is 11.1 Å². The second-order valence-electron chi connectivity index (χ2n) is 6.01. The maximum Gasteiger partial charge on any atom is 0.262 e. The van der Waals surface area contributed by atoms with Crippen molar-refractivity contribution in [2.45, 2.75) is 31.2 Å². The number of imide groups is 1. The molecule has 0 spiro atoms. The van der Waals surface area contributed by atoms with Gasteiger partial charge in [0, 0.05) is 0 Å². The second kappa shape index (κ2) is 7.55. The molecule has 3 rings (SSSR count). The van der Waals surface area contributed by atoms with Gasteiger partial charge in [0.05, 0.1) is 11.1 Å². The lowest BCUT2D eigenvalue weighted by Crippen LogP contribution is -2.50. The van der Waals surface area contributed by atoms with Crippen molar-refractivity contribution in [1.82, 2.24) is 15.1 Å². The number of nitrogens with zero attached hydrogens (tertiary/aromatic N) is 3. The third kappa shape index (κ3) is 3.36. The fourth-order valence-electron chi connectivity index (χ4n) is 2.80. The van der Waals surface area contributed by atoms with Crippen LogP contribution in [0.2, 0.25) is 0 Å². The van der Waals surface area contributed by atoms with E-state index in [1.165, 1.54) is 23.1 Å². The van der Waals surface area contributed by atoms with Gasteiger partial charge in [-0.2, -0.15) is 0 Å². The third-order valence-corrected chi connectivity index (χ3v) is 5.76. The number of fused-ring (bicyclic) bond motifs is 1. The molecular formula is C17H18N4O3S2. The van der Waals surface area contributed by atoms with E-state index in [9.17, 15) is 14.4 Å². The van der Waals surface area contributed by atoms with E-state index in [2.05, 4.69) is 15.5 Å². The first-order valence-electron chi connectivity index (χ1n) is 8.18. The van der Waals surface area contributed by atoms with Crippen molar-refractivity contribution in [3.8, 4) is 0 Å². The molecule has 1 N–H and O–H groups in total. The molecule has 0 saturated carbocycles. The van der Waals surface area contributed by atoms with Crippen molar-refractivity contribution in [3.63, 3.8) is 0 Å². The van der Waals surface area contributed by atoms with Gasteiger partial charge in [0.25, 0.3) is 11.8 Å². The van der Waals surface area contributed by atoms with Gasteiger partial charge >= 0.3 is 0 Å². The molecule has 1 aromatic carbocycles. The lowest BCUT2D eigenvalue weighted by atomic mass is 10.0. The molecule has 136 valence electrons. The fourth-order valence-corrected chi connectivity index (χ4v) is 4.45. The zero-order chi connectivity index (χ0) is 18.8. The number of rotatable bonds is 6. The summed E-state index contributed by atoms with van der Waals surface area (Å²) >= 11 is 2.80. The molecule has 0 fully saturated rings. The number of carbonyl (C=O) groups excluding carboxylic acids is 3. The summed E-state index contributed by atoms with van der Waals surface area (Å²) in [5, 5.41) is 11.0. The Kier molecular flexibility index (Phi) is 5.38. The first-order valence-corrected chi connectivity index (χ1v) is 9.98. The molecule has 0 saturated heterocycles. The van der Waals surface area contributed by atoms with E-state index in [4.69, 9.17) is 0 Å². The molecule has 7 nitrogen and oxygen atoms in total. The largest absolute Gasteiger partial charge is 0.299 e. The maximum absolute atomic E-state index is 12.8. The number of anilines is 1. The molecule has 1 atom stereocenters. The number of benzene rings is 1. The van der Waals surface area contributed by atoms with E-state index in [1.54, 1.807) is 38.1 Å². The zero-order valence-electron chi connectivity index (χ0n) is 14.6. The van der Waals surface area contributed by atoms with Crippen LogP contribution >= 0.6 is 23.1 Å². The minimum atomic E-state index is -0.923. The minimum absolute atomic E-state index is 0.255. The molecule has 2 aromatic rings. The maximum atomic E-state index is 12.8. The predicted molar refractivity (Wildman–Crippen MR) is 101 cm³/mol. The zero-order valence-corrected chi connectivity index (χ0v) is 16.2. The molecule has 0 radical (unpaired) electrons. The SMILES string of the molecule is CCSc1nnc(NC(=O)C(C(C)C)N2C(=O)c3ccccc3C2=O)s1. The van der Waals surface area contributed by atoms with E-state index in [0.717, 1.165) is 15.0 Å². The van der Waals surface area contributed by atoms with E-state index >= 15 is 0 Å². The van der Waals surface area contributed by atoms with Crippen LogP contribution < -0.4 is 5.32 Å².